The van der Waals surface area contributed by atoms with Gasteiger partial charge >= 0.3 is 5.97 Å². The lowest BCUT2D eigenvalue weighted by molar-refractivity contribution is -0.870. The van der Waals surface area contributed by atoms with Gasteiger partial charge in [-0.25, -0.2) is 0 Å². The molecule has 0 fully saturated rings. The van der Waals surface area contributed by atoms with Crippen LogP contribution in [0.15, 0.2) is 36.5 Å². The van der Waals surface area contributed by atoms with E-state index in [1.165, 1.54) is 167 Å². The molecule has 372 valence electrons. The summed E-state index contributed by atoms with van der Waals surface area (Å²) in [5.41, 5.74) is 0. The lowest BCUT2D eigenvalue weighted by Crippen LogP contribution is -2.37. The van der Waals surface area contributed by atoms with Crippen LogP contribution in [0.4, 0.5) is 0 Å². The van der Waals surface area contributed by atoms with Crippen LogP contribution in [0.3, 0.4) is 0 Å². The van der Waals surface area contributed by atoms with Gasteiger partial charge in [0, 0.05) is 13.0 Å². The van der Waals surface area contributed by atoms with Crippen molar-refractivity contribution in [1.29, 1.82) is 0 Å². The number of esters is 1. The highest BCUT2D eigenvalue weighted by atomic mass is 31.2. The molecule has 2 unspecified atom stereocenters. The molecule has 0 amide bonds. The number of phosphoric acid groups is 1. The average Bonchev–Trinajstić information content (AvgIpc) is 3.24. The standard InChI is InChI=1S/C54H104NO7P/c1-6-8-10-12-14-16-18-20-22-24-26-27-28-29-30-31-33-35-37-39-41-43-45-47-54(56)62-53(52-61-63(57,58)60-50-48-55(3,4)5)51-59-49-46-44-42-40-38-36-34-32-25-23-21-19-17-15-13-11-9-7-2/h9,11,15,17,21,23,53H,6-8,10,12-14,16,18-20,22,24-52H2,1-5H3/b11-9-,17-15-,23-21-. The van der Waals surface area contributed by atoms with Gasteiger partial charge in [0.05, 0.1) is 34.4 Å². The second-order valence-electron chi connectivity index (χ2n) is 19.2. The van der Waals surface area contributed by atoms with Crippen molar-refractivity contribution in [3.05, 3.63) is 36.5 Å². The predicted molar refractivity (Wildman–Crippen MR) is 268 cm³/mol. The molecule has 9 heteroatoms. The Morgan fingerprint density at radius 3 is 1.38 bits per heavy atom. The maximum absolute atomic E-state index is 12.8. The third-order valence-corrected chi connectivity index (χ3v) is 12.7. The molecule has 0 spiro atoms. The Bertz CT molecular complexity index is 1100. The fourth-order valence-electron chi connectivity index (χ4n) is 7.62. The number of rotatable bonds is 50. The number of unbranched alkanes of at least 4 members (excludes halogenated alkanes) is 30. The molecule has 63 heavy (non-hydrogen) atoms. The lowest BCUT2D eigenvalue weighted by atomic mass is 10.0. The molecule has 0 rings (SSSR count). The molecular weight excluding hydrogens is 806 g/mol. The summed E-state index contributed by atoms with van der Waals surface area (Å²) in [7, 11) is 1.36. The van der Waals surface area contributed by atoms with Gasteiger partial charge < -0.3 is 27.9 Å². The minimum atomic E-state index is -4.53. The van der Waals surface area contributed by atoms with E-state index in [1.54, 1.807) is 0 Å². The quantitative estimate of drug-likeness (QED) is 0.0197. The summed E-state index contributed by atoms with van der Waals surface area (Å²) < 4.78 is 34.8. The van der Waals surface area contributed by atoms with Gasteiger partial charge in [-0.1, -0.05) is 230 Å². The van der Waals surface area contributed by atoms with Gasteiger partial charge in [0.25, 0.3) is 7.82 Å². The van der Waals surface area contributed by atoms with Crippen LogP contribution in [0.2, 0.25) is 0 Å². The fraction of sp³-hybridized carbons (Fsp3) is 0.870. The van der Waals surface area contributed by atoms with E-state index < -0.39 is 13.9 Å². The van der Waals surface area contributed by atoms with Gasteiger partial charge in [-0.3, -0.25) is 9.36 Å². The smallest absolute Gasteiger partial charge is 0.306 e. The maximum atomic E-state index is 12.8. The molecule has 2 atom stereocenters. The second kappa shape index (κ2) is 47.2. The van der Waals surface area contributed by atoms with Crippen molar-refractivity contribution in [2.45, 2.75) is 251 Å². The zero-order valence-corrected chi connectivity index (χ0v) is 43.2. The summed E-state index contributed by atoms with van der Waals surface area (Å²) in [6.45, 7) is 5.33. The molecule has 0 heterocycles. The Balaban J connectivity index is 4.08. The lowest BCUT2D eigenvalue weighted by Gasteiger charge is -2.28. The molecule has 0 saturated carbocycles. The minimum absolute atomic E-state index is 0.0257. The van der Waals surface area contributed by atoms with E-state index in [4.69, 9.17) is 18.5 Å². The normalized spacial score (nSPS) is 13.8. The molecular formula is C54H104NO7P. The van der Waals surface area contributed by atoms with Gasteiger partial charge in [-0.05, 0) is 44.9 Å². The van der Waals surface area contributed by atoms with Crippen molar-refractivity contribution < 1.29 is 37.3 Å². The summed E-state index contributed by atoms with van der Waals surface area (Å²) in [5.74, 6) is -0.332. The Labute approximate surface area is 391 Å². The van der Waals surface area contributed by atoms with Crippen LogP contribution in [0.5, 0.6) is 0 Å². The van der Waals surface area contributed by atoms with Crippen LogP contribution in [-0.4, -0.2) is 70.7 Å². The number of hydrogen-bond donors (Lipinski definition) is 0. The van der Waals surface area contributed by atoms with Crippen LogP contribution in [-0.2, 0) is 27.9 Å². The average molecular weight is 910 g/mol. The topological polar surface area (TPSA) is 94.1 Å². The highest BCUT2D eigenvalue weighted by Gasteiger charge is 2.20. The first-order valence-corrected chi connectivity index (χ1v) is 28.2. The molecule has 0 aliphatic heterocycles. The summed E-state index contributed by atoms with van der Waals surface area (Å²) in [6.07, 6.45) is 57.5. The Morgan fingerprint density at radius 2 is 0.921 bits per heavy atom. The highest BCUT2D eigenvalue weighted by molar-refractivity contribution is 7.45. The van der Waals surface area contributed by atoms with E-state index in [2.05, 4.69) is 50.3 Å². The number of likely N-dealkylation sites (N-methyl/N-ethyl adjacent to an activating group) is 1. The first-order valence-electron chi connectivity index (χ1n) is 26.7. The molecule has 0 saturated heterocycles. The molecule has 8 nitrogen and oxygen atoms in total. The van der Waals surface area contributed by atoms with Crippen molar-refractivity contribution in [3.8, 4) is 0 Å². The van der Waals surface area contributed by atoms with E-state index >= 15 is 0 Å². The molecule has 0 aliphatic carbocycles. The van der Waals surface area contributed by atoms with Crippen LogP contribution >= 0.6 is 7.82 Å². The minimum Gasteiger partial charge on any atom is -0.756 e. The van der Waals surface area contributed by atoms with Crippen LogP contribution in [0.25, 0.3) is 0 Å². The van der Waals surface area contributed by atoms with E-state index in [1.807, 2.05) is 21.1 Å². The van der Waals surface area contributed by atoms with E-state index in [-0.39, 0.29) is 25.8 Å². The van der Waals surface area contributed by atoms with Gasteiger partial charge in [0.2, 0.25) is 0 Å². The summed E-state index contributed by atoms with van der Waals surface area (Å²) in [5, 5.41) is 0. The fourth-order valence-corrected chi connectivity index (χ4v) is 8.35. The number of phosphoric ester groups is 1. The monoisotopic (exact) mass is 910 g/mol. The number of quaternary nitrogens is 1. The summed E-state index contributed by atoms with van der Waals surface area (Å²) in [4.78, 5) is 25.2. The zero-order chi connectivity index (χ0) is 46.2. The Kier molecular flexibility index (Phi) is 46.3. The zero-order valence-electron chi connectivity index (χ0n) is 42.3. The van der Waals surface area contributed by atoms with Crippen LogP contribution in [0, 0.1) is 0 Å². The van der Waals surface area contributed by atoms with Gasteiger partial charge in [0.15, 0.2) is 0 Å². The largest absolute Gasteiger partial charge is 0.756 e. The maximum Gasteiger partial charge on any atom is 0.306 e. The van der Waals surface area contributed by atoms with Crippen molar-refractivity contribution in [2.75, 3.05) is 54.1 Å². The first kappa shape index (κ1) is 61.7. The van der Waals surface area contributed by atoms with Crippen molar-refractivity contribution in [1.82, 2.24) is 0 Å². The van der Waals surface area contributed by atoms with E-state index in [0.29, 0.717) is 24.1 Å². The van der Waals surface area contributed by atoms with Gasteiger partial charge in [-0.15, -0.1) is 0 Å². The number of ether oxygens (including phenoxy) is 2. The van der Waals surface area contributed by atoms with E-state index in [0.717, 1.165) is 57.8 Å². The number of nitrogens with zero attached hydrogens (tertiary/aromatic N) is 1. The molecule has 0 radical (unpaired) electrons. The third kappa shape index (κ3) is 51.6. The molecule has 0 N–H and O–H groups in total. The van der Waals surface area contributed by atoms with Crippen molar-refractivity contribution in [3.63, 3.8) is 0 Å². The molecule has 0 aromatic rings. The summed E-state index contributed by atoms with van der Waals surface area (Å²) in [6, 6.07) is 0. The molecule has 0 aliphatic rings. The van der Waals surface area contributed by atoms with Crippen LogP contribution < -0.4 is 4.89 Å². The number of hydrogen-bond acceptors (Lipinski definition) is 7. The molecule has 0 bridgehead atoms. The summed E-state index contributed by atoms with van der Waals surface area (Å²) >= 11 is 0. The number of carbonyl (C=O) groups is 1. The van der Waals surface area contributed by atoms with Gasteiger partial charge in [-0.2, -0.15) is 0 Å². The first-order chi connectivity index (χ1) is 30.6. The highest BCUT2D eigenvalue weighted by Crippen LogP contribution is 2.38. The van der Waals surface area contributed by atoms with E-state index in [9.17, 15) is 14.3 Å². The third-order valence-electron chi connectivity index (χ3n) is 11.7. The molecule has 0 aromatic heterocycles. The Morgan fingerprint density at radius 1 is 0.508 bits per heavy atom. The van der Waals surface area contributed by atoms with Gasteiger partial charge in [0.1, 0.15) is 19.3 Å². The SMILES string of the molecule is CC/C=C\C/C=C\C/C=C\CCCCCCCCCCOCC(COP(=O)([O-])OCC[N+](C)(C)C)OC(=O)CCCCCCCCCCCCCCCCCCCCCCCCC. The Hall–Kier alpha value is -1.28. The predicted octanol–water partition coefficient (Wildman–Crippen LogP) is 15.9. The van der Waals surface area contributed by atoms with Crippen molar-refractivity contribution in [2.24, 2.45) is 0 Å². The second-order valence-corrected chi connectivity index (χ2v) is 20.6. The number of carbonyl (C=O) groups excluding carboxylic acids is 1. The molecule has 0 aromatic carbocycles. The van der Waals surface area contributed by atoms with Crippen LogP contribution in [0.1, 0.15) is 245 Å². The number of allylic oxidation sites excluding steroid dienone is 6. The van der Waals surface area contributed by atoms with Crippen molar-refractivity contribution >= 4 is 13.8 Å².